The summed E-state index contributed by atoms with van der Waals surface area (Å²) in [6, 6.07) is 10.4. The average molecular weight is 446 g/mol. The van der Waals surface area contributed by atoms with Gasteiger partial charge in [0.25, 0.3) is 0 Å². The van der Waals surface area contributed by atoms with Gasteiger partial charge < -0.3 is 4.57 Å². The van der Waals surface area contributed by atoms with E-state index in [0.29, 0.717) is 13.0 Å². The summed E-state index contributed by atoms with van der Waals surface area (Å²) >= 11 is 18.1. The van der Waals surface area contributed by atoms with Crippen LogP contribution in [0.25, 0.3) is 10.9 Å². The predicted molar refractivity (Wildman–Crippen MR) is 113 cm³/mol. The van der Waals surface area contributed by atoms with Gasteiger partial charge in [-0.3, -0.25) is 0 Å². The average Bonchev–Trinajstić information content (AvgIpc) is 2.89. The molecule has 0 fully saturated rings. The molecule has 1 aromatic heterocycles. The van der Waals surface area contributed by atoms with Crippen LogP contribution in [0.1, 0.15) is 18.9 Å². The van der Waals surface area contributed by atoms with Gasteiger partial charge >= 0.3 is 0 Å². The molecule has 0 bridgehead atoms. The molecule has 0 amide bonds. The van der Waals surface area contributed by atoms with Crippen LogP contribution in [0, 0.1) is 6.92 Å². The number of hydrogen-bond acceptors (Lipinski definition) is 2. The maximum Gasteiger partial charge on any atom is 0.243 e. The summed E-state index contributed by atoms with van der Waals surface area (Å²) in [7, 11) is -3.90. The molecule has 8 heteroatoms. The summed E-state index contributed by atoms with van der Waals surface area (Å²) in [6.45, 7) is 4.46. The van der Waals surface area contributed by atoms with Gasteiger partial charge in [0.1, 0.15) is 4.90 Å². The Labute approximate surface area is 174 Å². The number of sulfonamides is 1. The van der Waals surface area contributed by atoms with Gasteiger partial charge in [-0.2, -0.15) is 0 Å². The number of aromatic nitrogens is 1. The lowest BCUT2D eigenvalue weighted by atomic mass is 10.2. The van der Waals surface area contributed by atoms with Crippen molar-refractivity contribution in [2.75, 3.05) is 0 Å². The first-order valence-corrected chi connectivity index (χ1v) is 11.1. The van der Waals surface area contributed by atoms with Gasteiger partial charge in [0, 0.05) is 34.7 Å². The third-order valence-corrected chi connectivity index (χ3v) is 7.11. The molecule has 27 heavy (non-hydrogen) atoms. The fraction of sp³-hybridized carbons (Fsp3) is 0.263. The molecule has 0 aliphatic carbocycles. The Hall–Kier alpha value is -1.24. The fourth-order valence-electron chi connectivity index (χ4n) is 3.13. The van der Waals surface area contributed by atoms with Crippen LogP contribution in [0.15, 0.2) is 47.5 Å². The van der Waals surface area contributed by atoms with Crippen LogP contribution in [-0.2, 0) is 16.6 Å². The molecule has 0 saturated carbocycles. The van der Waals surface area contributed by atoms with Crippen molar-refractivity contribution in [1.82, 2.24) is 9.29 Å². The molecule has 1 N–H and O–H groups in total. The Bertz CT molecular complexity index is 1070. The van der Waals surface area contributed by atoms with Crippen molar-refractivity contribution in [2.24, 2.45) is 0 Å². The second-order valence-corrected chi connectivity index (χ2v) is 9.31. The van der Waals surface area contributed by atoms with E-state index < -0.39 is 10.0 Å². The number of hydrogen-bond donors (Lipinski definition) is 1. The summed E-state index contributed by atoms with van der Waals surface area (Å²) in [4.78, 5) is -0.151. The first-order chi connectivity index (χ1) is 12.7. The lowest BCUT2D eigenvalue weighted by Gasteiger charge is -2.19. The normalized spacial score (nSPS) is 13.2. The van der Waals surface area contributed by atoms with E-state index in [-0.39, 0.29) is 26.0 Å². The Kier molecular flexibility index (Phi) is 6.08. The zero-order valence-corrected chi connectivity index (χ0v) is 17.9. The van der Waals surface area contributed by atoms with Crippen LogP contribution in [-0.4, -0.2) is 19.0 Å². The summed E-state index contributed by atoms with van der Waals surface area (Å²) in [6.07, 6.45) is 2.64. The van der Waals surface area contributed by atoms with Crippen molar-refractivity contribution in [2.45, 2.75) is 37.8 Å². The second-order valence-electron chi connectivity index (χ2n) is 6.41. The van der Waals surface area contributed by atoms with E-state index in [1.807, 2.05) is 38.2 Å². The smallest absolute Gasteiger partial charge is 0.243 e. The van der Waals surface area contributed by atoms with Gasteiger partial charge in [0.2, 0.25) is 10.0 Å². The number of benzene rings is 2. The van der Waals surface area contributed by atoms with Gasteiger partial charge in [0.15, 0.2) is 0 Å². The second kappa shape index (κ2) is 8.02. The zero-order valence-electron chi connectivity index (χ0n) is 14.8. The Morgan fingerprint density at radius 2 is 1.74 bits per heavy atom. The largest absolute Gasteiger partial charge is 0.346 e. The molecule has 1 unspecified atom stereocenters. The van der Waals surface area contributed by atoms with E-state index in [1.54, 1.807) is 0 Å². The van der Waals surface area contributed by atoms with Gasteiger partial charge in [0.05, 0.1) is 10.0 Å². The highest BCUT2D eigenvalue weighted by Crippen LogP contribution is 2.33. The molecule has 1 heterocycles. The van der Waals surface area contributed by atoms with E-state index in [4.69, 9.17) is 34.8 Å². The van der Waals surface area contributed by atoms with Gasteiger partial charge in [-0.15, -0.1) is 0 Å². The maximum absolute atomic E-state index is 12.9. The fourth-order valence-corrected chi connectivity index (χ4v) is 5.99. The van der Waals surface area contributed by atoms with E-state index in [1.165, 1.54) is 12.1 Å². The quantitative estimate of drug-likeness (QED) is 0.531. The van der Waals surface area contributed by atoms with Crippen molar-refractivity contribution in [3.05, 3.63) is 63.2 Å². The van der Waals surface area contributed by atoms with Crippen LogP contribution in [0.5, 0.6) is 0 Å². The van der Waals surface area contributed by atoms with Crippen LogP contribution < -0.4 is 4.72 Å². The molecule has 144 valence electrons. The lowest BCUT2D eigenvalue weighted by Crippen LogP contribution is -2.37. The van der Waals surface area contributed by atoms with Crippen molar-refractivity contribution in [3.8, 4) is 0 Å². The Morgan fingerprint density at radius 3 is 2.37 bits per heavy atom. The van der Waals surface area contributed by atoms with Crippen molar-refractivity contribution in [3.63, 3.8) is 0 Å². The maximum atomic E-state index is 12.9. The number of para-hydroxylation sites is 1. The molecule has 1 atom stereocenters. The van der Waals surface area contributed by atoms with E-state index in [2.05, 4.69) is 15.4 Å². The minimum Gasteiger partial charge on any atom is -0.346 e. The number of nitrogens with zero attached hydrogens (tertiary/aromatic N) is 1. The van der Waals surface area contributed by atoms with Crippen LogP contribution in [0.4, 0.5) is 0 Å². The molecule has 0 aliphatic heterocycles. The molecular formula is C19H19Cl3N2O2S. The third-order valence-electron chi connectivity index (χ3n) is 4.45. The Balaban J connectivity index is 1.91. The van der Waals surface area contributed by atoms with Crippen LogP contribution in [0.2, 0.25) is 15.1 Å². The standard InChI is InChI=1S/C19H19Cl3N2O2S/c1-3-14(11-24-10-12(2)15-6-4-5-7-18(15)24)23-27(25,26)19-16(21)8-13(20)9-17(19)22/h4-10,14,23H,3,11H2,1-2H3. The number of aryl methyl sites for hydroxylation is 1. The summed E-state index contributed by atoms with van der Waals surface area (Å²) in [5, 5.41) is 1.43. The minimum absolute atomic E-state index is 0.00267. The molecule has 0 aliphatic rings. The number of fused-ring (bicyclic) bond motifs is 1. The number of halogens is 3. The van der Waals surface area contributed by atoms with Gasteiger partial charge in [-0.05, 0) is 37.1 Å². The number of nitrogens with one attached hydrogen (secondary N) is 1. The van der Waals surface area contributed by atoms with E-state index in [9.17, 15) is 8.42 Å². The highest BCUT2D eigenvalue weighted by molar-refractivity contribution is 7.89. The first kappa shape index (κ1) is 20.5. The summed E-state index contributed by atoms with van der Waals surface area (Å²) < 4.78 is 30.5. The molecule has 4 nitrogen and oxygen atoms in total. The van der Waals surface area contributed by atoms with Gasteiger partial charge in [-0.25, -0.2) is 13.1 Å². The first-order valence-electron chi connectivity index (χ1n) is 8.44. The Morgan fingerprint density at radius 1 is 1.11 bits per heavy atom. The van der Waals surface area contributed by atoms with Crippen LogP contribution >= 0.6 is 34.8 Å². The molecule has 2 aromatic carbocycles. The predicted octanol–water partition coefficient (Wildman–Crippen LogP) is 5.67. The van der Waals surface area contributed by atoms with E-state index in [0.717, 1.165) is 16.5 Å². The zero-order chi connectivity index (χ0) is 19.8. The molecule has 3 rings (SSSR count). The molecule has 3 aromatic rings. The van der Waals surface area contributed by atoms with Gasteiger partial charge in [-0.1, -0.05) is 59.9 Å². The third kappa shape index (κ3) is 4.28. The summed E-state index contributed by atoms with van der Waals surface area (Å²) in [5.74, 6) is 0. The number of rotatable bonds is 6. The highest BCUT2D eigenvalue weighted by Gasteiger charge is 2.25. The van der Waals surface area contributed by atoms with E-state index >= 15 is 0 Å². The van der Waals surface area contributed by atoms with Crippen molar-refractivity contribution < 1.29 is 8.42 Å². The SMILES string of the molecule is CCC(Cn1cc(C)c2ccccc21)NS(=O)(=O)c1c(Cl)cc(Cl)cc1Cl. The van der Waals surface area contributed by atoms with Crippen molar-refractivity contribution >= 4 is 55.7 Å². The minimum atomic E-state index is -3.90. The van der Waals surface area contributed by atoms with Crippen LogP contribution in [0.3, 0.4) is 0 Å². The highest BCUT2D eigenvalue weighted by atomic mass is 35.5. The molecule has 0 saturated heterocycles. The topological polar surface area (TPSA) is 51.1 Å². The molecular weight excluding hydrogens is 427 g/mol. The monoisotopic (exact) mass is 444 g/mol. The summed E-state index contributed by atoms with van der Waals surface area (Å²) in [5.41, 5.74) is 2.21. The molecule has 0 spiro atoms. The molecule has 0 radical (unpaired) electrons. The lowest BCUT2D eigenvalue weighted by molar-refractivity contribution is 0.491. The van der Waals surface area contributed by atoms with Crippen molar-refractivity contribution in [1.29, 1.82) is 0 Å².